The molecule has 8 heteroatoms. The van der Waals surface area contributed by atoms with Crippen LogP contribution in [0.25, 0.3) is 17.3 Å². The highest BCUT2D eigenvalue weighted by atomic mass is 32.2. The molecule has 0 saturated heterocycles. The van der Waals surface area contributed by atoms with Crippen molar-refractivity contribution < 1.29 is 9.53 Å². The van der Waals surface area contributed by atoms with Crippen LogP contribution in [0.4, 0.5) is 5.69 Å². The van der Waals surface area contributed by atoms with Crippen molar-refractivity contribution >= 4 is 40.8 Å². The summed E-state index contributed by atoms with van der Waals surface area (Å²) in [6.07, 6.45) is 5.44. The second kappa shape index (κ2) is 8.12. The molecule has 0 saturated carbocycles. The van der Waals surface area contributed by atoms with Crippen LogP contribution in [0.2, 0.25) is 0 Å². The largest absolute Gasteiger partial charge is 0.448 e. The van der Waals surface area contributed by atoms with E-state index in [9.17, 15) is 4.79 Å². The number of aromatic nitrogens is 3. The van der Waals surface area contributed by atoms with Gasteiger partial charge in [0, 0.05) is 16.9 Å². The molecular formula is C20H18N4O2S2. The van der Waals surface area contributed by atoms with Gasteiger partial charge in [0.2, 0.25) is 16.9 Å². The van der Waals surface area contributed by atoms with Crippen molar-refractivity contribution in [2.45, 2.75) is 24.7 Å². The van der Waals surface area contributed by atoms with Gasteiger partial charge in [0.25, 0.3) is 0 Å². The van der Waals surface area contributed by atoms with Gasteiger partial charge in [0.15, 0.2) is 11.9 Å². The van der Waals surface area contributed by atoms with Crippen molar-refractivity contribution in [1.82, 2.24) is 15.2 Å². The molecule has 3 aromatic rings. The van der Waals surface area contributed by atoms with E-state index in [1.807, 2.05) is 67.1 Å². The molecule has 0 spiro atoms. The molecule has 3 heterocycles. The minimum atomic E-state index is -0.636. The minimum Gasteiger partial charge on any atom is -0.448 e. The molecule has 0 unspecified atom stereocenters. The fourth-order valence-corrected chi connectivity index (χ4v) is 3.88. The molecule has 0 aliphatic carbocycles. The number of thioether (sulfide) groups is 1. The lowest BCUT2D eigenvalue weighted by atomic mass is 10.1. The smallest absolute Gasteiger partial charge is 0.247 e. The summed E-state index contributed by atoms with van der Waals surface area (Å²) in [7, 11) is 0. The van der Waals surface area contributed by atoms with E-state index in [4.69, 9.17) is 4.74 Å². The van der Waals surface area contributed by atoms with Gasteiger partial charge in [-0.05, 0) is 35.9 Å². The van der Waals surface area contributed by atoms with Crippen molar-refractivity contribution in [3.8, 4) is 17.1 Å². The van der Waals surface area contributed by atoms with Gasteiger partial charge in [-0.25, -0.2) is 0 Å². The Labute approximate surface area is 171 Å². The number of fused-ring (bicyclic) bond motifs is 3. The lowest BCUT2D eigenvalue weighted by Gasteiger charge is -2.28. The molecule has 0 bridgehead atoms. The average molecular weight is 411 g/mol. The normalized spacial score (nSPS) is 15.6. The summed E-state index contributed by atoms with van der Waals surface area (Å²) in [5, 5.41) is 11.0. The Hall–Kier alpha value is -2.71. The Morgan fingerprint density at radius 1 is 1.29 bits per heavy atom. The van der Waals surface area contributed by atoms with Gasteiger partial charge in [-0.15, -0.1) is 21.5 Å². The first-order chi connectivity index (χ1) is 13.7. The van der Waals surface area contributed by atoms with Gasteiger partial charge >= 0.3 is 0 Å². The topological polar surface area (TPSA) is 68.2 Å². The van der Waals surface area contributed by atoms with Crippen molar-refractivity contribution in [1.29, 1.82) is 0 Å². The Kier molecular flexibility index (Phi) is 5.40. The fourth-order valence-electron chi connectivity index (χ4n) is 2.96. The van der Waals surface area contributed by atoms with Crippen LogP contribution in [0, 0.1) is 0 Å². The first-order valence-corrected chi connectivity index (χ1v) is 10.9. The van der Waals surface area contributed by atoms with E-state index >= 15 is 0 Å². The number of thiophene rings is 1. The van der Waals surface area contributed by atoms with Crippen LogP contribution in [-0.2, 0) is 4.79 Å². The highest BCUT2D eigenvalue weighted by molar-refractivity contribution is 7.98. The van der Waals surface area contributed by atoms with Gasteiger partial charge in [-0.2, -0.15) is 4.98 Å². The zero-order valence-electron chi connectivity index (χ0n) is 15.4. The molecule has 4 rings (SSSR count). The Balaban J connectivity index is 1.88. The van der Waals surface area contributed by atoms with E-state index in [1.165, 1.54) is 11.8 Å². The monoisotopic (exact) mass is 410 g/mol. The predicted octanol–water partition coefficient (Wildman–Crippen LogP) is 4.50. The number of amides is 1. The van der Waals surface area contributed by atoms with Gasteiger partial charge < -0.3 is 4.74 Å². The van der Waals surface area contributed by atoms with Crippen molar-refractivity contribution in [3.05, 3.63) is 52.7 Å². The maximum Gasteiger partial charge on any atom is 0.247 e. The zero-order valence-corrected chi connectivity index (χ0v) is 17.0. The van der Waals surface area contributed by atoms with Crippen molar-refractivity contribution in [3.63, 3.8) is 0 Å². The SMILES string of the molecule is CCC(=O)N1c2ccccc2-c2nnc(SC)nc2O[C@H]1/C=C\c1cccs1. The molecule has 28 heavy (non-hydrogen) atoms. The van der Waals surface area contributed by atoms with Crippen molar-refractivity contribution in [2.75, 3.05) is 11.2 Å². The number of para-hydroxylation sites is 1. The number of rotatable bonds is 4. The number of carbonyl (C=O) groups is 1. The van der Waals surface area contributed by atoms with E-state index in [1.54, 1.807) is 16.2 Å². The lowest BCUT2D eigenvalue weighted by Crippen LogP contribution is -2.42. The molecular weight excluding hydrogens is 392 g/mol. The van der Waals surface area contributed by atoms with E-state index in [-0.39, 0.29) is 5.91 Å². The summed E-state index contributed by atoms with van der Waals surface area (Å²) in [4.78, 5) is 20.1. The third kappa shape index (κ3) is 3.53. The van der Waals surface area contributed by atoms with Crippen LogP contribution in [0.1, 0.15) is 18.2 Å². The molecule has 1 aliphatic rings. The van der Waals surface area contributed by atoms with Crippen LogP contribution in [0.3, 0.4) is 0 Å². The van der Waals surface area contributed by atoms with Gasteiger partial charge in [-0.3, -0.25) is 9.69 Å². The summed E-state index contributed by atoms with van der Waals surface area (Å²) >= 11 is 3.01. The molecule has 0 radical (unpaired) electrons. The molecule has 1 aliphatic heterocycles. The number of hydrogen-bond donors (Lipinski definition) is 0. The summed E-state index contributed by atoms with van der Waals surface area (Å²) in [5.41, 5.74) is 2.05. The third-order valence-corrected chi connectivity index (χ3v) is 5.64. The van der Waals surface area contributed by atoms with Crippen LogP contribution in [0.15, 0.2) is 53.0 Å². The van der Waals surface area contributed by atoms with E-state index in [0.29, 0.717) is 23.2 Å². The molecule has 1 atom stereocenters. The standard InChI is InChI=1S/C20H18N4O2S2/c1-3-16(25)24-15-9-5-4-8-14(15)18-19(21-20(27-2)23-22-18)26-17(24)11-10-13-7-6-12-28-13/h4-12,17H,3H2,1-2H3/b11-10-/t17-/m0/s1. The van der Waals surface area contributed by atoms with E-state index < -0.39 is 6.23 Å². The zero-order chi connectivity index (χ0) is 19.5. The molecule has 1 aromatic carbocycles. The maximum atomic E-state index is 12.9. The third-order valence-electron chi connectivity index (χ3n) is 4.26. The molecule has 2 aromatic heterocycles. The average Bonchev–Trinajstić information content (AvgIpc) is 3.21. The van der Waals surface area contributed by atoms with Gasteiger partial charge in [0.05, 0.1) is 5.69 Å². The lowest BCUT2D eigenvalue weighted by molar-refractivity contribution is -0.119. The van der Waals surface area contributed by atoms with Crippen molar-refractivity contribution in [2.24, 2.45) is 0 Å². The summed E-state index contributed by atoms with van der Waals surface area (Å²) < 4.78 is 6.21. The van der Waals surface area contributed by atoms with E-state index in [0.717, 1.165) is 16.1 Å². The summed E-state index contributed by atoms with van der Waals surface area (Å²) in [6.45, 7) is 1.84. The van der Waals surface area contributed by atoms with E-state index in [2.05, 4.69) is 15.2 Å². The number of anilines is 1. The Bertz CT molecular complexity index is 1020. The van der Waals surface area contributed by atoms with Gasteiger partial charge in [-0.1, -0.05) is 43.0 Å². The maximum absolute atomic E-state index is 12.9. The Morgan fingerprint density at radius 3 is 2.89 bits per heavy atom. The number of hydrogen-bond acceptors (Lipinski definition) is 7. The van der Waals surface area contributed by atoms with Crippen LogP contribution in [0.5, 0.6) is 5.88 Å². The van der Waals surface area contributed by atoms with Crippen LogP contribution >= 0.6 is 23.1 Å². The molecule has 142 valence electrons. The Morgan fingerprint density at radius 2 is 2.14 bits per heavy atom. The number of benzene rings is 1. The second-order valence-electron chi connectivity index (χ2n) is 5.97. The first kappa shape index (κ1) is 18.6. The van der Waals surface area contributed by atoms with Gasteiger partial charge in [0.1, 0.15) is 0 Å². The highest BCUT2D eigenvalue weighted by Gasteiger charge is 2.32. The summed E-state index contributed by atoms with van der Waals surface area (Å²) in [6, 6.07) is 11.6. The predicted molar refractivity (Wildman–Crippen MR) is 113 cm³/mol. The molecule has 0 fully saturated rings. The fraction of sp³-hybridized carbons (Fsp3) is 0.200. The van der Waals surface area contributed by atoms with Crippen LogP contribution < -0.4 is 9.64 Å². The quantitative estimate of drug-likeness (QED) is 0.590. The van der Waals surface area contributed by atoms with Crippen LogP contribution in [-0.4, -0.2) is 33.6 Å². The summed E-state index contributed by atoms with van der Waals surface area (Å²) in [5.74, 6) is 0.332. The number of ether oxygens (including phenoxy) is 1. The molecule has 0 N–H and O–H groups in total. The highest BCUT2D eigenvalue weighted by Crippen LogP contribution is 2.39. The molecule has 6 nitrogen and oxygen atoms in total. The number of carbonyl (C=O) groups excluding carboxylic acids is 1. The molecule has 1 amide bonds. The minimum absolute atomic E-state index is 0.0425. The second-order valence-corrected chi connectivity index (χ2v) is 7.72. The number of nitrogens with zero attached hydrogens (tertiary/aromatic N) is 4. The first-order valence-electron chi connectivity index (χ1n) is 8.79.